The molecule has 1 unspecified atom stereocenters. The number of methoxy groups -OCH3 is 1. The maximum absolute atomic E-state index is 13.7. The van der Waals surface area contributed by atoms with Gasteiger partial charge in [0.2, 0.25) is 0 Å². The first-order valence-electron chi connectivity index (χ1n) is 11.8. The van der Waals surface area contributed by atoms with Gasteiger partial charge < -0.3 is 20.3 Å². The SMILES string of the molecule is COc1ccc(CNC2=NCC3=C(CN(C(=O)c4ccc(Cl)c(Cl)c4)C(c4ccc(F)cc4)C3)N2)cc1. The maximum Gasteiger partial charge on any atom is 0.254 e. The lowest BCUT2D eigenvalue weighted by atomic mass is 9.91. The van der Waals surface area contributed by atoms with E-state index in [-0.39, 0.29) is 17.8 Å². The minimum absolute atomic E-state index is 0.184. The number of rotatable bonds is 5. The maximum atomic E-state index is 13.7. The predicted octanol–water partition coefficient (Wildman–Crippen LogP) is 5.73. The van der Waals surface area contributed by atoms with Crippen molar-refractivity contribution >= 4 is 35.1 Å². The molecule has 3 aromatic rings. The summed E-state index contributed by atoms with van der Waals surface area (Å²) in [4.78, 5) is 20.1. The fourth-order valence-electron chi connectivity index (χ4n) is 4.52. The third-order valence-electron chi connectivity index (χ3n) is 6.57. The van der Waals surface area contributed by atoms with Crippen molar-refractivity contribution in [2.45, 2.75) is 19.0 Å². The molecule has 0 radical (unpaired) electrons. The van der Waals surface area contributed by atoms with Gasteiger partial charge in [-0.15, -0.1) is 0 Å². The third kappa shape index (κ3) is 5.58. The Labute approximate surface area is 224 Å². The number of nitrogens with one attached hydrogen (secondary N) is 2. The summed E-state index contributed by atoms with van der Waals surface area (Å²) in [5.41, 5.74) is 4.42. The van der Waals surface area contributed by atoms with Crippen molar-refractivity contribution in [2.75, 3.05) is 20.2 Å². The Bertz CT molecular complexity index is 1370. The lowest BCUT2D eigenvalue weighted by Gasteiger charge is -2.40. The van der Waals surface area contributed by atoms with Crippen molar-refractivity contribution in [3.8, 4) is 5.75 Å². The van der Waals surface area contributed by atoms with Crippen LogP contribution in [0.15, 0.2) is 83.0 Å². The summed E-state index contributed by atoms with van der Waals surface area (Å²) < 4.78 is 18.9. The summed E-state index contributed by atoms with van der Waals surface area (Å²) in [6.07, 6.45) is 0.580. The zero-order valence-electron chi connectivity index (χ0n) is 20.1. The van der Waals surface area contributed by atoms with Gasteiger partial charge in [-0.25, -0.2) is 9.38 Å². The number of carbonyl (C=O) groups excluding carboxylic acids is 1. The molecule has 9 heteroatoms. The Morgan fingerprint density at radius 2 is 1.86 bits per heavy atom. The van der Waals surface area contributed by atoms with E-state index in [4.69, 9.17) is 27.9 Å². The fourth-order valence-corrected chi connectivity index (χ4v) is 4.82. The van der Waals surface area contributed by atoms with Crippen molar-refractivity contribution in [2.24, 2.45) is 4.99 Å². The number of guanidine groups is 1. The Kier molecular flexibility index (Phi) is 7.35. The van der Waals surface area contributed by atoms with E-state index in [9.17, 15) is 9.18 Å². The Hall–Kier alpha value is -3.55. The predicted molar refractivity (Wildman–Crippen MR) is 144 cm³/mol. The number of halogens is 3. The molecule has 0 aromatic heterocycles. The monoisotopic (exact) mass is 538 g/mol. The average molecular weight is 539 g/mol. The molecule has 1 amide bonds. The van der Waals surface area contributed by atoms with E-state index >= 15 is 0 Å². The smallest absolute Gasteiger partial charge is 0.254 e. The summed E-state index contributed by atoms with van der Waals surface area (Å²) in [5, 5.41) is 7.41. The second-order valence-corrected chi connectivity index (χ2v) is 9.72. The molecule has 0 spiro atoms. The van der Waals surface area contributed by atoms with Crippen molar-refractivity contribution in [1.29, 1.82) is 0 Å². The number of benzene rings is 3. The summed E-state index contributed by atoms with van der Waals surface area (Å²) in [7, 11) is 1.64. The molecular weight excluding hydrogens is 514 g/mol. The zero-order valence-corrected chi connectivity index (χ0v) is 21.6. The molecule has 2 heterocycles. The molecule has 0 saturated heterocycles. The number of hydrogen-bond donors (Lipinski definition) is 2. The van der Waals surface area contributed by atoms with Gasteiger partial charge in [0.25, 0.3) is 5.91 Å². The van der Waals surface area contributed by atoms with Crippen LogP contribution in [-0.4, -0.2) is 37.0 Å². The first-order chi connectivity index (χ1) is 17.9. The summed E-state index contributed by atoms with van der Waals surface area (Å²) in [6, 6.07) is 18.7. The molecule has 2 aliphatic heterocycles. The van der Waals surface area contributed by atoms with Gasteiger partial charge >= 0.3 is 0 Å². The van der Waals surface area contributed by atoms with E-state index in [0.717, 1.165) is 28.1 Å². The lowest BCUT2D eigenvalue weighted by Crippen LogP contribution is -2.48. The van der Waals surface area contributed by atoms with E-state index in [1.807, 2.05) is 24.3 Å². The van der Waals surface area contributed by atoms with E-state index in [0.29, 0.717) is 47.6 Å². The number of carbonyl (C=O) groups is 1. The Morgan fingerprint density at radius 3 is 2.57 bits per heavy atom. The van der Waals surface area contributed by atoms with Crippen LogP contribution in [0.4, 0.5) is 4.39 Å². The third-order valence-corrected chi connectivity index (χ3v) is 7.31. The van der Waals surface area contributed by atoms with Crippen LogP contribution in [0.3, 0.4) is 0 Å². The minimum atomic E-state index is -0.321. The summed E-state index contributed by atoms with van der Waals surface area (Å²) in [6.45, 7) is 1.45. The number of ether oxygens (including phenoxy) is 1. The number of hydrogen-bond acceptors (Lipinski definition) is 5. The highest BCUT2D eigenvalue weighted by Crippen LogP contribution is 2.36. The highest BCUT2D eigenvalue weighted by Gasteiger charge is 2.34. The van der Waals surface area contributed by atoms with E-state index in [1.54, 1.807) is 42.3 Å². The lowest BCUT2D eigenvalue weighted by molar-refractivity contribution is 0.0675. The van der Waals surface area contributed by atoms with Gasteiger partial charge in [-0.1, -0.05) is 47.5 Å². The van der Waals surface area contributed by atoms with Gasteiger partial charge in [0.15, 0.2) is 5.96 Å². The van der Waals surface area contributed by atoms with Crippen LogP contribution < -0.4 is 15.4 Å². The number of aliphatic imine (C=N–C) groups is 1. The molecule has 2 N–H and O–H groups in total. The zero-order chi connectivity index (χ0) is 25.9. The van der Waals surface area contributed by atoms with Gasteiger partial charge in [0, 0.05) is 17.8 Å². The number of nitrogens with zero attached hydrogens (tertiary/aromatic N) is 2. The molecule has 3 aromatic carbocycles. The molecule has 190 valence electrons. The van der Waals surface area contributed by atoms with Crippen molar-refractivity contribution in [1.82, 2.24) is 15.5 Å². The molecule has 6 nitrogen and oxygen atoms in total. The van der Waals surface area contributed by atoms with Crippen LogP contribution in [0.1, 0.15) is 33.9 Å². The molecule has 5 rings (SSSR count). The van der Waals surface area contributed by atoms with Crippen LogP contribution >= 0.6 is 23.2 Å². The standard InChI is InChI=1S/C28H25Cl2FN4O2/c1-37-22-9-2-17(3-10-22)14-32-28-33-15-20-13-26(18-4-7-21(31)8-5-18)35(16-25(20)34-28)27(36)19-6-11-23(29)24(30)12-19/h2-12,26H,13-16H2,1H3,(H2,32,33,34). The van der Waals surface area contributed by atoms with Crippen LogP contribution in [0.2, 0.25) is 10.0 Å². The van der Waals surface area contributed by atoms with Crippen LogP contribution in [0.25, 0.3) is 0 Å². The fraction of sp³-hybridized carbons (Fsp3) is 0.214. The van der Waals surface area contributed by atoms with Gasteiger partial charge in [0.05, 0.1) is 36.3 Å². The first kappa shape index (κ1) is 25.1. The highest BCUT2D eigenvalue weighted by molar-refractivity contribution is 6.42. The van der Waals surface area contributed by atoms with Crippen molar-refractivity contribution < 1.29 is 13.9 Å². The molecule has 0 bridgehead atoms. The van der Waals surface area contributed by atoms with Crippen molar-refractivity contribution in [3.05, 3.63) is 111 Å². The van der Waals surface area contributed by atoms with Gasteiger partial charge in [-0.05, 0) is 65.6 Å². The average Bonchev–Trinajstić information content (AvgIpc) is 2.93. The minimum Gasteiger partial charge on any atom is -0.497 e. The van der Waals surface area contributed by atoms with Crippen LogP contribution in [-0.2, 0) is 6.54 Å². The van der Waals surface area contributed by atoms with Gasteiger partial charge in [-0.2, -0.15) is 0 Å². The molecule has 0 fully saturated rings. The molecule has 1 atom stereocenters. The molecule has 0 saturated carbocycles. The second kappa shape index (κ2) is 10.8. The Balaban J connectivity index is 1.36. The second-order valence-electron chi connectivity index (χ2n) is 8.91. The van der Waals surface area contributed by atoms with Gasteiger partial charge in [0.1, 0.15) is 11.6 Å². The highest BCUT2D eigenvalue weighted by atomic mass is 35.5. The molecule has 0 aliphatic carbocycles. The first-order valence-corrected chi connectivity index (χ1v) is 12.6. The Morgan fingerprint density at radius 1 is 1.11 bits per heavy atom. The summed E-state index contributed by atoms with van der Waals surface area (Å²) in [5.74, 6) is 0.947. The molecule has 2 aliphatic rings. The molecule has 37 heavy (non-hydrogen) atoms. The summed E-state index contributed by atoms with van der Waals surface area (Å²) >= 11 is 12.3. The quantitative estimate of drug-likeness (QED) is 0.435. The van der Waals surface area contributed by atoms with Crippen LogP contribution in [0, 0.1) is 5.82 Å². The van der Waals surface area contributed by atoms with Crippen LogP contribution in [0.5, 0.6) is 5.75 Å². The largest absolute Gasteiger partial charge is 0.497 e. The molecular formula is C28H25Cl2FN4O2. The normalized spacial score (nSPS) is 17.0. The van der Waals surface area contributed by atoms with E-state index < -0.39 is 0 Å². The van der Waals surface area contributed by atoms with Gasteiger partial charge in [-0.3, -0.25) is 4.79 Å². The van der Waals surface area contributed by atoms with Crippen molar-refractivity contribution in [3.63, 3.8) is 0 Å². The topological polar surface area (TPSA) is 66.0 Å². The van der Waals surface area contributed by atoms with E-state index in [1.165, 1.54) is 12.1 Å². The van der Waals surface area contributed by atoms with E-state index in [2.05, 4.69) is 15.6 Å². The number of amides is 1.